The van der Waals surface area contributed by atoms with Crippen LogP contribution in [0, 0.1) is 13.8 Å². The van der Waals surface area contributed by atoms with Gasteiger partial charge in [0.1, 0.15) is 12.3 Å². The molecule has 1 aromatic carbocycles. The molecule has 0 aliphatic heterocycles. The highest BCUT2D eigenvalue weighted by molar-refractivity contribution is 14.1. The zero-order valence-electron chi connectivity index (χ0n) is 10.1. The van der Waals surface area contributed by atoms with Crippen LogP contribution in [0.3, 0.4) is 0 Å². The Kier molecular flexibility index (Phi) is 3.80. The van der Waals surface area contributed by atoms with Crippen molar-refractivity contribution in [2.75, 3.05) is 7.11 Å². The molecular formula is C11H8F3IN2O3. The number of halogens is 4. The van der Waals surface area contributed by atoms with Crippen LogP contribution in [0.2, 0.25) is 0 Å². The summed E-state index contributed by atoms with van der Waals surface area (Å²) in [5, 5.41) is 11.2. The van der Waals surface area contributed by atoms with E-state index in [-0.39, 0.29) is 26.0 Å². The molecule has 0 atom stereocenters. The summed E-state index contributed by atoms with van der Waals surface area (Å²) in [7, 11) is 1.30. The first kappa shape index (κ1) is 14.9. The molecule has 0 saturated carbocycles. The van der Waals surface area contributed by atoms with Crippen LogP contribution in [0.5, 0.6) is 5.75 Å². The summed E-state index contributed by atoms with van der Waals surface area (Å²) in [4.78, 5) is 10.4. The monoisotopic (exact) mass is 400 g/mol. The van der Waals surface area contributed by atoms with Gasteiger partial charge in [-0.05, 0) is 28.7 Å². The molecule has 9 heteroatoms. The zero-order valence-corrected chi connectivity index (χ0v) is 12.2. The second-order valence-corrected chi connectivity index (χ2v) is 5.11. The number of aromatic nitrogens is 1. The van der Waals surface area contributed by atoms with Gasteiger partial charge in [0, 0.05) is 6.07 Å². The molecule has 0 bridgehead atoms. The Morgan fingerprint density at radius 1 is 1.40 bits per heavy atom. The lowest BCUT2D eigenvalue weighted by Crippen LogP contribution is -2.18. The van der Waals surface area contributed by atoms with Gasteiger partial charge < -0.3 is 9.30 Å². The Hall–Kier alpha value is -1.52. The van der Waals surface area contributed by atoms with E-state index in [2.05, 4.69) is 0 Å². The first-order valence-electron chi connectivity index (χ1n) is 5.31. The first-order valence-corrected chi connectivity index (χ1v) is 6.38. The van der Waals surface area contributed by atoms with E-state index < -0.39 is 17.6 Å². The molecule has 2 rings (SSSR count). The molecule has 0 amide bonds. The predicted molar refractivity (Wildman–Crippen MR) is 73.9 cm³/mol. The number of hydrogen-bond donors (Lipinski definition) is 0. The van der Waals surface area contributed by atoms with Crippen LogP contribution in [0.4, 0.5) is 18.9 Å². The van der Waals surface area contributed by atoms with Crippen molar-refractivity contribution in [1.82, 2.24) is 4.57 Å². The zero-order chi connectivity index (χ0) is 15.1. The SMILES string of the molecule is COc1cc([N+](=O)[O-])c2cc(I)n(CC(F)(F)F)c2c1. The maximum absolute atomic E-state index is 12.6. The number of fused-ring (bicyclic) bond motifs is 1. The number of nitrogens with zero attached hydrogens (tertiary/aromatic N) is 2. The van der Waals surface area contributed by atoms with Crippen LogP contribution in [-0.2, 0) is 6.54 Å². The topological polar surface area (TPSA) is 57.3 Å². The quantitative estimate of drug-likeness (QED) is 0.449. The van der Waals surface area contributed by atoms with Crippen molar-refractivity contribution >= 4 is 39.2 Å². The average Bonchev–Trinajstić information content (AvgIpc) is 2.63. The van der Waals surface area contributed by atoms with Gasteiger partial charge in [-0.1, -0.05) is 0 Å². The van der Waals surface area contributed by atoms with Crippen LogP contribution in [0.1, 0.15) is 0 Å². The molecule has 0 aliphatic carbocycles. The molecule has 0 fully saturated rings. The van der Waals surface area contributed by atoms with E-state index in [4.69, 9.17) is 4.74 Å². The van der Waals surface area contributed by atoms with Gasteiger partial charge in [-0.25, -0.2) is 0 Å². The molecule has 20 heavy (non-hydrogen) atoms. The summed E-state index contributed by atoms with van der Waals surface area (Å²) in [5.41, 5.74) is -0.157. The highest BCUT2D eigenvalue weighted by atomic mass is 127. The third-order valence-electron chi connectivity index (χ3n) is 2.69. The van der Waals surface area contributed by atoms with E-state index >= 15 is 0 Å². The summed E-state index contributed by atoms with van der Waals surface area (Å²) in [5.74, 6) is 0.141. The first-order chi connectivity index (χ1) is 9.23. The summed E-state index contributed by atoms with van der Waals surface area (Å²) in [6.45, 7) is -1.21. The maximum Gasteiger partial charge on any atom is 0.406 e. The van der Waals surface area contributed by atoms with Gasteiger partial charge in [-0.3, -0.25) is 10.1 Å². The minimum absolute atomic E-state index is 0.123. The van der Waals surface area contributed by atoms with E-state index in [1.165, 1.54) is 25.3 Å². The number of ether oxygens (including phenoxy) is 1. The van der Waals surface area contributed by atoms with Gasteiger partial charge >= 0.3 is 6.18 Å². The molecule has 2 aromatic rings. The molecule has 0 aliphatic rings. The maximum atomic E-state index is 12.6. The van der Waals surface area contributed by atoms with Gasteiger partial charge in [0.15, 0.2) is 0 Å². The van der Waals surface area contributed by atoms with Crippen molar-refractivity contribution in [1.29, 1.82) is 0 Å². The number of non-ortho nitro benzene ring substituents is 1. The van der Waals surface area contributed by atoms with Crippen LogP contribution in [0.15, 0.2) is 18.2 Å². The molecule has 1 heterocycles. The smallest absolute Gasteiger partial charge is 0.406 e. The second kappa shape index (κ2) is 5.11. The molecular weight excluding hydrogens is 392 g/mol. The number of benzene rings is 1. The van der Waals surface area contributed by atoms with Crippen molar-refractivity contribution in [3.8, 4) is 5.75 Å². The van der Waals surface area contributed by atoms with Crippen LogP contribution in [-0.4, -0.2) is 22.8 Å². The summed E-state index contributed by atoms with van der Waals surface area (Å²) < 4.78 is 43.9. The predicted octanol–water partition coefficient (Wildman–Crippen LogP) is 3.73. The fraction of sp³-hybridized carbons (Fsp3) is 0.273. The lowest BCUT2D eigenvalue weighted by molar-refractivity contribution is -0.383. The van der Waals surface area contributed by atoms with Crippen LogP contribution < -0.4 is 4.74 Å². The Morgan fingerprint density at radius 3 is 2.55 bits per heavy atom. The molecule has 1 aromatic heterocycles. The lowest BCUT2D eigenvalue weighted by Gasteiger charge is -2.11. The number of nitro benzene ring substituents is 1. The number of methoxy groups -OCH3 is 1. The van der Waals surface area contributed by atoms with E-state index in [0.29, 0.717) is 0 Å². The van der Waals surface area contributed by atoms with Crippen molar-refractivity contribution < 1.29 is 22.8 Å². The molecule has 5 nitrogen and oxygen atoms in total. The number of rotatable bonds is 3. The van der Waals surface area contributed by atoms with Crippen molar-refractivity contribution in [2.24, 2.45) is 0 Å². The third kappa shape index (κ3) is 2.81. The van der Waals surface area contributed by atoms with Crippen LogP contribution in [0.25, 0.3) is 10.9 Å². The number of hydrogen-bond acceptors (Lipinski definition) is 3. The van der Waals surface area contributed by atoms with Crippen molar-refractivity contribution in [2.45, 2.75) is 12.7 Å². The normalized spacial score (nSPS) is 11.8. The van der Waals surface area contributed by atoms with Crippen LogP contribution >= 0.6 is 22.6 Å². The average molecular weight is 400 g/mol. The Balaban J connectivity index is 2.74. The van der Waals surface area contributed by atoms with Gasteiger partial charge in [-0.15, -0.1) is 0 Å². The lowest BCUT2D eigenvalue weighted by atomic mass is 10.2. The van der Waals surface area contributed by atoms with Gasteiger partial charge in [0.2, 0.25) is 0 Å². The molecule has 108 valence electrons. The van der Waals surface area contributed by atoms with E-state index in [1.54, 1.807) is 22.6 Å². The van der Waals surface area contributed by atoms with E-state index in [0.717, 1.165) is 4.57 Å². The third-order valence-corrected chi connectivity index (χ3v) is 3.59. The summed E-state index contributed by atoms with van der Waals surface area (Å²) in [6, 6.07) is 3.91. The highest BCUT2D eigenvalue weighted by Crippen LogP contribution is 2.35. The van der Waals surface area contributed by atoms with E-state index in [1.807, 2.05) is 0 Å². The minimum atomic E-state index is -4.41. The van der Waals surface area contributed by atoms with Crippen molar-refractivity contribution in [3.05, 3.63) is 32.0 Å². The number of alkyl halides is 3. The fourth-order valence-corrected chi connectivity index (χ4v) is 2.63. The fourth-order valence-electron chi connectivity index (χ4n) is 1.89. The molecule has 0 unspecified atom stereocenters. The molecule has 0 spiro atoms. The Labute approximate surface area is 124 Å². The summed E-state index contributed by atoms with van der Waals surface area (Å²) >= 11 is 1.72. The number of nitro groups is 1. The van der Waals surface area contributed by atoms with Gasteiger partial charge in [0.05, 0.1) is 32.7 Å². The van der Waals surface area contributed by atoms with Gasteiger partial charge in [-0.2, -0.15) is 13.2 Å². The Morgan fingerprint density at radius 2 is 2.05 bits per heavy atom. The largest absolute Gasteiger partial charge is 0.496 e. The van der Waals surface area contributed by atoms with Crippen molar-refractivity contribution in [3.63, 3.8) is 0 Å². The standard InChI is InChI=1S/C11H8F3IN2O3/c1-20-6-2-8-7(9(3-6)17(18)19)4-10(15)16(8)5-11(12,13)14/h2-4H,5H2,1H3. The van der Waals surface area contributed by atoms with E-state index in [9.17, 15) is 23.3 Å². The highest BCUT2D eigenvalue weighted by Gasteiger charge is 2.30. The minimum Gasteiger partial charge on any atom is -0.496 e. The molecule has 0 saturated heterocycles. The molecule has 0 radical (unpaired) electrons. The molecule has 0 N–H and O–H groups in total. The Bertz CT molecular complexity index is 682. The van der Waals surface area contributed by atoms with Gasteiger partial charge in [0.25, 0.3) is 5.69 Å². The second-order valence-electron chi connectivity index (χ2n) is 4.00. The summed E-state index contributed by atoms with van der Waals surface area (Å²) in [6.07, 6.45) is -4.41.